The van der Waals surface area contributed by atoms with Gasteiger partial charge in [0.1, 0.15) is 17.4 Å². The van der Waals surface area contributed by atoms with E-state index in [2.05, 4.69) is 5.32 Å². The molecule has 3 rings (SSSR count). The molecular weight excluding hydrogens is 516 g/mol. The number of nitrogens with one attached hydrogen (secondary N) is 2. The van der Waals surface area contributed by atoms with Crippen molar-refractivity contribution in [1.29, 1.82) is 0 Å². The Hall–Kier alpha value is -3.82. The summed E-state index contributed by atoms with van der Waals surface area (Å²) < 4.78 is 0. The van der Waals surface area contributed by atoms with Crippen molar-refractivity contribution in [3.63, 3.8) is 0 Å². The second-order valence-electron chi connectivity index (χ2n) is 8.01. The maximum Gasteiger partial charge on any atom is 0.343 e. The number of phenols is 4. The number of phenolic OH excluding ortho intramolecular Hbond substituents is 2. The standard InChI is InChI=1S/C23H23ClN2O11/c24-12-5-1-4-11(7-12)20(31)23(36,37)25-9-22(34,35)26-13-6-2-3-10(8-13)14-16(27)15(21(32)33)18(29)19(30)17(14)28/h1-8,20,25-31,34-37H,9H2,(H,32,33). The summed E-state index contributed by atoms with van der Waals surface area (Å²) in [5.74, 6) is -12.3. The fourth-order valence-electron chi connectivity index (χ4n) is 3.46. The van der Waals surface area contributed by atoms with E-state index in [9.17, 15) is 55.9 Å². The molecule has 0 heterocycles. The van der Waals surface area contributed by atoms with E-state index in [1.807, 2.05) is 5.32 Å². The summed E-state index contributed by atoms with van der Waals surface area (Å²) >= 11 is 5.82. The molecule has 3 aromatic carbocycles. The first-order chi connectivity index (χ1) is 17.1. The predicted octanol–water partition coefficient (Wildman–Crippen LogP) is 0.539. The molecule has 0 amide bonds. The fraction of sp³-hybridized carbons (Fsp3) is 0.174. The van der Waals surface area contributed by atoms with Crippen molar-refractivity contribution in [1.82, 2.24) is 5.32 Å². The Balaban J connectivity index is 1.83. The van der Waals surface area contributed by atoms with Crippen molar-refractivity contribution in [3.05, 3.63) is 64.7 Å². The highest BCUT2D eigenvalue weighted by Crippen LogP contribution is 2.51. The lowest BCUT2D eigenvalue weighted by molar-refractivity contribution is -0.260. The van der Waals surface area contributed by atoms with Crippen LogP contribution in [0.25, 0.3) is 11.1 Å². The summed E-state index contributed by atoms with van der Waals surface area (Å²) in [5.41, 5.74) is -1.84. The molecule has 198 valence electrons. The molecule has 14 heteroatoms. The third-order valence-electron chi connectivity index (χ3n) is 5.25. The molecule has 1 atom stereocenters. The SMILES string of the molecule is O=C(O)c1c(O)c(O)c(O)c(-c2cccc(NC(O)(O)CNC(O)(O)C(O)c3cccc(Cl)c3)c2)c1O. The Morgan fingerprint density at radius 1 is 0.892 bits per heavy atom. The first-order valence-corrected chi connectivity index (χ1v) is 10.7. The zero-order chi connectivity index (χ0) is 27.7. The van der Waals surface area contributed by atoms with Crippen LogP contribution in [-0.2, 0) is 0 Å². The van der Waals surface area contributed by atoms with Gasteiger partial charge in [0.2, 0.25) is 5.75 Å². The highest BCUT2D eigenvalue weighted by Gasteiger charge is 2.37. The van der Waals surface area contributed by atoms with Gasteiger partial charge in [0, 0.05) is 10.7 Å². The number of hydrogen-bond acceptors (Lipinski definition) is 12. The van der Waals surface area contributed by atoms with Gasteiger partial charge in [-0.3, -0.25) is 5.32 Å². The Bertz CT molecular complexity index is 1330. The van der Waals surface area contributed by atoms with Crippen LogP contribution in [0.4, 0.5) is 5.69 Å². The van der Waals surface area contributed by atoms with Crippen LogP contribution in [0.3, 0.4) is 0 Å². The van der Waals surface area contributed by atoms with Crippen LogP contribution in [0.2, 0.25) is 5.02 Å². The van der Waals surface area contributed by atoms with E-state index in [0.717, 1.165) is 6.07 Å². The third-order valence-corrected chi connectivity index (χ3v) is 5.48. The molecule has 0 radical (unpaired) electrons. The normalized spacial score (nSPS) is 12.8. The second-order valence-corrected chi connectivity index (χ2v) is 8.45. The Morgan fingerprint density at radius 3 is 2.16 bits per heavy atom. The number of carboxylic acid groups (broad SMARTS) is 1. The number of hydrogen-bond donors (Lipinski definition) is 12. The number of carboxylic acids is 1. The average Bonchev–Trinajstić information content (AvgIpc) is 2.81. The monoisotopic (exact) mass is 538 g/mol. The number of anilines is 1. The van der Waals surface area contributed by atoms with Gasteiger partial charge in [-0.05, 0) is 35.4 Å². The van der Waals surface area contributed by atoms with E-state index < -0.39 is 64.6 Å². The minimum absolute atomic E-state index is 0.0182. The molecule has 3 aromatic rings. The van der Waals surface area contributed by atoms with Gasteiger partial charge in [0.15, 0.2) is 11.5 Å². The van der Waals surface area contributed by atoms with Gasteiger partial charge in [0.25, 0.3) is 11.8 Å². The summed E-state index contributed by atoms with van der Waals surface area (Å²) in [6, 6.07) is 10.6. The zero-order valence-corrected chi connectivity index (χ0v) is 19.4. The lowest BCUT2D eigenvalue weighted by Crippen LogP contribution is -2.57. The summed E-state index contributed by atoms with van der Waals surface area (Å²) in [6.45, 7) is -0.971. The first-order valence-electron chi connectivity index (χ1n) is 10.3. The molecule has 0 aliphatic rings. The minimum Gasteiger partial charge on any atom is -0.506 e. The molecule has 37 heavy (non-hydrogen) atoms. The fourth-order valence-corrected chi connectivity index (χ4v) is 3.66. The van der Waals surface area contributed by atoms with E-state index in [4.69, 9.17) is 11.6 Å². The number of aromatic hydroxyl groups is 4. The molecule has 0 saturated carbocycles. The highest BCUT2D eigenvalue weighted by atomic mass is 35.5. The van der Waals surface area contributed by atoms with E-state index in [1.54, 1.807) is 0 Å². The Kier molecular flexibility index (Phi) is 7.71. The first kappa shape index (κ1) is 27.8. The molecule has 0 aliphatic heterocycles. The number of aliphatic hydroxyl groups excluding tert-OH is 1. The molecule has 0 bridgehead atoms. The molecule has 13 nitrogen and oxygen atoms in total. The lowest BCUT2D eigenvalue weighted by atomic mass is 9.98. The number of rotatable bonds is 9. The molecule has 0 aliphatic carbocycles. The van der Waals surface area contributed by atoms with Crippen LogP contribution < -0.4 is 10.6 Å². The average molecular weight is 539 g/mol. The maximum atomic E-state index is 11.4. The lowest BCUT2D eigenvalue weighted by Gasteiger charge is -2.32. The highest BCUT2D eigenvalue weighted by molar-refractivity contribution is 6.30. The summed E-state index contributed by atoms with van der Waals surface area (Å²) in [7, 11) is 0. The summed E-state index contributed by atoms with van der Waals surface area (Å²) in [5, 5.41) is 105. The summed E-state index contributed by atoms with van der Waals surface area (Å²) in [6.07, 6.45) is -1.94. The van der Waals surface area contributed by atoms with Gasteiger partial charge in [-0.1, -0.05) is 35.9 Å². The van der Waals surface area contributed by atoms with Crippen LogP contribution in [0.5, 0.6) is 23.0 Å². The van der Waals surface area contributed by atoms with Crippen molar-refractivity contribution in [2.45, 2.75) is 17.9 Å². The number of benzene rings is 3. The van der Waals surface area contributed by atoms with Crippen molar-refractivity contribution < 1.29 is 55.9 Å². The topological polar surface area (TPSA) is 243 Å². The Morgan fingerprint density at radius 2 is 1.54 bits per heavy atom. The van der Waals surface area contributed by atoms with Crippen molar-refractivity contribution in [2.24, 2.45) is 0 Å². The molecule has 0 fully saturated rings. The van der Waals surface area contributed by atoms with E-state index in [-0.39, 0.29) is 21.8 Å². The van der Waals surface area contributed by atoms with E-state index in [0.29, 0.717) is 0 Å². The third kappa shape index (κ3) is 5.95. The largest absolute Gasteiger partial charge is 0.506 e. The van der Waals surface area contributed by atoms with Gasteiger partial charge in [-0.15, -0.1) is 0 Å². The summed E-state index contributed by atoms with van der Waals surface area (Å²) in [4.78, 5) is 11.4. The Labute approximate surface area is 213 Å². The van der Waals surface area contributed by atoms with Crippen molar-refractivity contribution in [2.75, 3.05) is 11.9 Å². The van der Waals surface area contributed by atoms with Gasteiger partial charge in [0.05, 0.1) is 12.1 Å². The van der Waals surface area contributed by atoms with E-state index >= 15 is 0 Å². The number of aromatic carboxylic acids is 1. The number of aliphatic hydroxyl groups is 5. The van der Waals surface area contributed by atoms with Gasteiger partial charge < -0.3 is 56.4 Å². The number of halogens is 1. The van der Waals surface area contributed by atoms with Crippen LogP contribution in [0.15, 0.2) is 48.5 Å². The second kappa shape index (κ2) is 10.3. The molecule has 0 saturated heterocycles. The van der Waals surface area contributed by atoms with Crippen LogP contribution in [0, 0.1) is 0 Å². The molecule has 1 unspecified atom stereocenters. The van der Waals surface area contributed by atoms with Gasteiger partial charge in [-0.2, -0.15) is 0 Å². The van der Waals surface area contributed by atoms with E-state index in [1.165, 1.54) is 42.5 Å². The van der Waals surface area contributed by atoms with Crippen molar-refractivity contribution in [3.8, 4) is 34.1 Å². The van der Waals surface area contributed by atoms with Crippen LogP contribution in [0.1, 0.15) is 22.0 Å². The van der Waals surface area contributed by atoms with Crippen LogP contribution in [-0.4, -0.2) is 75.4 Å². The molecule has 0 aromatic heterocycles. The molecular formula is C23H23ClN2O11. The van der Waals surface area contributed by atoms with Gasteiger partial charge >= 0.3 is 5.97 Å². The quantitative estimate of drug-likeness (QED) is 0.101. The predicted molar refractivity (Wildman–Crippen MR) is 128 cm³/mol. The van der Waals surface area contributed by atoms with Crippen molar-refractivity contribution >= 4 is 23.3 Å². The maximum absolute atomic E-state index is 11.4. The molecule has 0 spiro atoms. The van der Waals surface area contributed by atoms with Crippen LogP contribution >= 0.6 is 11.6 Å². The minimum atomic E-state index is -3.03. The van der Waals surface area contributed by atoms with Gasteiger partial charge in [-0.25, -0.2) is 4.79 Å². The zero-order valence-electron chi connectivity index (χ0n) is 18.7. The smallest absolute Gasteiger partial charge is 0.343 e. The molecule has 12 N–H and O–H groups in total. The number of carbonyl (C=O) groups is 1.